The summed E-state index contributed by atoms with van der Waals surface area (Å²) >= 11 is 0. The molecule has 0 radical (unpaired) electrons. The van der Waals surface area contributed by atoms with Crippen LogP contribution in [0.25, 0.3) is 4.85 Å². The predicted molar refractivity (Wildman–Crippen MR) is 135 cm³/mol. The Balaban J connectivity index is 1.40. The molecule has 2 fully saturated rings. The number of halogens is 1. The van der Waals surface area contributed by atoms with Crippen LogP contribution < -0.4 is 14.4 Å². The number of nitrogens with zero attached hydrogens (tertiary/aromatic N) is 6. The van der Waals surface area contributed by atoms with Crippen molar-refractivity contribution >= 4 is 5.82 Å². The minimum absolute atomic E-state index is 0.265. The molecule has 3 aliphatic rings. The van der Waals surface area contributed by atoms with E-state index in [2.05, 4.69) is 26.6 Å². The van der Waals surface area contributed by atoms with Crippen LogP contribution in [0, 0.1) is 18.3 Å². The fourth-order valence-corrected chi connectivity index (χ4v) is 5.72. The summed E-state index contributed by atoms with van der Waals surface area (Å²) in [7, 11) is 3.71. The largest absolute Gasteiger partial charge is 0.496 e. The summed E-state index contributed by atoms with van der Waals surface area (Å²) < 4.78 is 26.2. The molecule has 0 saturated carbocycles. The molecule has 2 atom stereocenters. The summed E-state index contributed by atoms with van der Waals surface area (Å²) in [5, 5.41) is 0. The van der Waals surface area contributed by atoms with E-state index in [4.69, 9.17) is 26.0 Å². The highest BCUT2D eigenvalue weighted by Gasteiger charge is 2.32. The van der Waals surface area contributed by atoms with Crippen LogP contribution in [-0.2, 0) is 19.6 Å². The second-order valence-electron chi connectivity index (χ2n) is 10.2. The summed E-state index contributed by atoms with van der Waals surface area (Å²) in [6.07, 6.45) is 4.42. The fourth-order valence-electron chi connectivity index (χ4n) is 5.72. The molecule has 192 valence electrons. The fraction of sp³-hybridized carbons (Fsp3) is 0.593. The quantitative estimate of drug-likeness (QED) is 0.518. The maximum Gasteiger partial charge on any atom is 0.318 e. The van der Waals surface area contributed by atoms with Crippen molar-refractivity contribution in [3.63, 3.8) is 0 Å². The normalized spacial score (nSPS) is 22.4. The van der Waals surface area contributed by atoms with Crippen LogP contribution in [-0.4, -0.2) is 72.8 Å². The van der Waals surface area contributed by atoms with Gasteiger partial charge in [-0.2, -0.15) is 9.97 Å². The van der Waals surface area contributed by atoms with Crippen molar-refractivity contribution in [2.45, 2.75) is 51.4 Å². The van der Waals surface area contributed by atoms with Gasteiger partial charge in [-0.15, -0.1) is 0 Å². The third kappa shape index (κ3) is 5.25. The van der Waals surface area contributed by atoms with Gasteiger partial charge in [-0.25, -0.2) is 11.0 Å². The third-order valence-electron chi connectivity index (χ3n) is 7.73. The SMILES string of the molecule is [C-]#[N+]C[C@@H]1CCCN(c2nc(OC[C@@H]3CCCN3C)nc3c2CN(Cc2c(F)cccc2OC)C3)C1. The smallest absolute Gasteiger partial charge is 0.318 e. The van der Waals surface area contributed by atoms with Gasteiger partial charge in [-0.1, -0.05) is 6.07 Å². The van der Waals surface area contributed by atoms with E-state index >= 15 is 0 Å². The number of piperidine rings is 1. The van der Waals surface area contributed by atoms with E-state index in [0.717, 1.165) is 56.0 Å². The molecule has 4 heterocycles. The average Bonchev–Trinajstić information content (AvgIpc) is 3.49. The van der Waals surface area contributed by atoms with Gasteiger partial charge >= 0.3 is 6.01 Å². The lowest BCUT2D eigenvalue weighted by Gasteiger charge is -2.32. The average molecular weight is 495 g/mol. The third-order valence-corrected chi connectivity index (χ3v) is 7.73. The standard InChI is InChI=1S/C27H35FN6O2/c1-29-13-19-7-5-12-34(14-19)26-22-16-33(15-21-23(28)9-4-10-25(21)35-3)17-24(22)30-27(31-26)36-18-20-8-6-11-32(20)2/h4,9-10,19-20H,5-8,11-18H2,2-3H3/t19-,20-/m0/s1. The van der Waals surface area contributed by atoms with Crippen molar-refractivity contribution in [3.05, 3.63) is 52.3 Å². The lowest BCUT2D eigenvalue weighted by molar-refractivity contribution is 0.187. The van der Waals surface area contributed by atoms with E-state index < -0.39 is 0 Å². The Kier molecular flexibility index (Phi) is 7.54. The van der Waals surface area contributed by atoms with Gasteiger partial charge in [-0.3, -0.25) is 4.90 Å². The Morgan fingerprint density at radius 1 is 1.17 bits per heavy atom. The highest BCUT2D eigenvalue weighted by molar-refractivity contribution is 5.52. The molecular formula is C27H35FN6O2. The second-order valence-corrected chi connectivity index (χ2v) is 10.2. The Morgan fingerprint density at radius 2 is 2.03 bits per heavy atom. The molecular weight excluding hydrogens is 459 g/mol. The first-order chi connectivity index (χ1) is 17.6. The van der Waals surface area contributed by atoms with E-state index in [9.17, 15) is 4.39 Å². The highest BCUT2D eigenvalue weighted by atomic mass is 19.1. The number of methoxy groups -OCH3 is 1. The van der Waals surface area contributed by atoms with Crippen LogP contribution in [0.3, 0.4) is 0 Å². The summed E-state index contributed by atoms with van der Waals surface area (Å²) in [4.78, 5) is 20.2. The molecule has 0 amide bonds. The summed E-state index contributed by atoms with van der Waals surface area (Å²) in [5.74, 6) is 1.55. The van der Waals surface area contributed by atoms with Gasteiger partial charge in [0.05, 0.1) is 12.8 Å². The minimum Gasteiger partial charge on any atom is -0.496 e. The molecule has 1 aromatic heterocycles. The van der Waals surface area contributed by atoms with Crippen molar-refractivity contribution in [1.29, 1.82) is 0 Å². The molecule has 0 N–H and O–H groups in total. The summed E-state index contributed by atoms with van der Waals surface area (Å²) in [5.41, 5.74) is 2.58. The molecule has 36 heavy (non-hydrogen) atoms. The van der Waals surface area contributed by atoms with Gasteiger partial charge in [0.2, 0.25) is 6.54 Å². The van der Waals surface area contributed by atoms with E-state index in [-0.39, 0.29) is 5.82 Å². The Bertz CT molecular complexity index is 1120. The number of ether oxygens (including phenoxy) is 2. The Morgan fingerprint density at radius 3 is 2.81 bits per heavy atom. The molecule has 2 aromatic rings. The summed E-state index contributed by atoms with van der Waals surface area (Å²) in [6.45, 7) is 12.9. The number of likely N-dealkylation sites (tertiary alicyclic amines) is 1. The first kappa shape index (κ1) is 24.7. The number of aromatic nitrogens is 2. The number of rotatable bonds is 8. The second kappa shape index (κ2) is 11.0. The van der Waals surface area contributed by atoms with Crippen LogP contribution in [0.5, 0.6) is 11.8 Å². The van der Waals surface area contributed by atoms with E-state index in [1.807, 2.05) is 0 Å². The molecule has 3 aliphatic heterocycles. The summed E-state index contributed by atoms with van der Waals surface area (Å²) in [6, 6.07) is 5.74. The van der Waals surface area contributed by atoms with Crippen LogP contribution in [0.4, 0.5) is 10.2 Å². The van der Waals surface area contributed by atoms with Crippen molar-refractivity contribution in [1.82, 2.24) is 19.8 Å². The molecule has 0 bridgehead atoms. The van der Waals surface area contributed by atoms with Crippen LogP contribution in [0.15, 0.2) is 18.2 Å². The van der Waals surface area contributed by atoms with Gasteiger partial charge in [0.1, 0.15) is 24.0 Å². The lowest BCUT2D eigenvalue weighted by Crippen LogP contribution is -2.38. The first-order valence-corrected chi connectivity index (χ1v) is 12.9. The van der Waals surface area contributed by atoms with Crippen molar-refractivity contribution < 1.29 is 13.9 Å². The monoisotopic (exact) mass is 494 g/mol. The molecule has 0 spiro atoms. The molecule has 1 aromatic carbocycles. The topological polar surface area (TPSA) is 58.3 Å². The van der Waals surface area contributed by atoms with Crippen LogP contribution in [0.1, 0.15) is 42.5 Å². The zero-order valence-electron chi connectivity index (χ0n) is 21.2. The maximum atomic E-state index is 14.7. The van der Waals surface area contributed by atoms with Gasteiger partial charge in [0, 0.05) is 55.8 Å². The van der Waals surface area contributed by atoms with Crippen LogP contribution in [0.2, 0.25) is 0 Å². The minimum atomic E-state index is -0.265. The van der Waals surface area contributed by atoms with Crippen molar-refractivity contribution in [2.75, 3.05) is 51.8 Å². The number of hydrogen-bond acceptors (Lipinski definition) is 7. The molecule has 5 rings (SSSR count). The number of hydrogen-bond donors (Lipinski definition) is 0. The van der Waals surface area contributed by atoms with Crippen molar-refractivity contribution in [2.24, 2.45) is 5.92 Å². The van der Waals surface area contributed by atoms with Gasteiger partial charge in [0.15, 0.2) is 0 Å². The Labute approximate surface area is 212 Å². The van der Waals surface area contributed by atoms with Crippen molar-refractivity contribution in [3.8, 4) is 11.8 Å². The predicted octanol–water partition coefficient (Wildman–Crippen LogP) is 3.75. The van der Waals surface area contributed by atoms with Gasteiger partial charge in [-0.05, 0) is 51.4 Å². The number of anilines is 1. The first-order valence-electron chi connectivity index (χ1n) is 12.9. The number of fused-ring (bicyclic) bond motifs is 1. The molecule has 0 aliphatic carbocycles. The zero-order chi connectivity index (χ0) is 25.1. The van der Waals surface area contributed by atoms with E-state index in [0.29, 0.717) is 62.1 Å². The molecule has 2 saturated heterocycles. The van der Waals surface area contributed by atoms with E-state index in [1.165, 1.54) is 12.5 Å². The molecule has 9 heteroatoms. The van der Waals surface area contributed by atoms with Gasteiger partial charge < -0.3 is 24.1 Å². The maximum absolute atomic E-state index is 14.7. The van der Waals surface area contributed by atoms with E-state index in [1.54, 1.807) is 19.2 Å². The highest BCUT2D eigenvalue weighted by Crippen LogP contribution is 2.35. The number of benzene rings is 1. The Hall–Kier alpha value is -2.96. The number of likely N-dealkylation sites (N-methyl/N-ethyl adjacent to an activating group) is 1. The van der Waals surface area contributed by atoms with Crippen LogP contribution >= 0.6 is 0 Å². The molecule has 8 nitrogen and oxygen atoms in total. The zero-order valence-corrected chi connectivity index (χ0v) is 21.2. The lowest BCUT2D eigenvalue weighted by atomic mass is 9.98. The van der Waals surface area contributed by atoms with Gasteiger partial charge in [0.25, 0.3) is 0 Å². The molecule has 0 unspecified atom stereocenters.